The second-order valence-corrected chi connectivity index (χ2v) is 7.89. The SMILES string of the molecule is CC1=C(CC(=O)O)C2=C(Cl)C(O)=CCC2N1C(=O)c1ccc(OC(F)(F)C(F)F)s1. The van der Waals surface area contributed by atoms with Crippen molar-refractivity contribution in [3.63, 3.8) is 0 Å². The smallest absolute Gasteiger partial charge is 0.461 e. The van der Waals surface area contributed by atoms with Gasteiger partial charge in [-0.3, -0.25) is 9.59 Å². The van der Waals surface area contributed by atoms with Crippen molar-refractivity contribution in [1.82, 2.24) is 4.90 Å². The van der Waals surface area contributed by atoms with Gasteiger partial charge in [-0.2, -0.15) is 17.6 Å². The van der Waals surface area contributed by atoms with Gasteiger partial charge in [0, 0.05) is 11.3 Å². The highest BCUT2D eigenvalue weighted by molar-refractivity contribution is 7.15. The summed E-state index contributed by atoms with van der Waals surface area (Å²) in [6, 6.07) is 1.41. The predicted octanol–water partition coefficient (Wildman–Crippen LogP) is 4.90. The molecule has 1 atom stereocenters. The third-order valence-corrected chi connectivity index (χ3v) is 5.94. The molecule has 162 valence electrons. The Hall–Kier alpha value is -2.53. The lowest BCUT2D eigenvalue weighted by Crippen LogP contribution is -2.36. The van der Waals surface area contributed by atoms with Crippen LogP contribution in [0, 0.1) is 0 Å². The molecule has 0 aromatic carbocycles. The molecule has 30 heavy (non-hydrogen) atoms. The fraction of sp³-hybridized carbons (Fsp3) is 0.333. The van der Waals surface area contributed by atoms with Crippen molar-refractivity contribution in [3.8, 4) is 5.06 Å². The number of fused-ring (bicyclic) bond motifs is 1. The standard InChI is InChI=1S/C18H14ClF4NO5S/c1-7-8(6-12(26)27)14-9(2-3-10(25)15(14)19)24(7)16(28)11-4-5-13(30-11)29-18(22,23)17(20)21/h3-5,9,17,25H,2,6H2,1H3,(H,26,27). The number of allylic oxidation sites excluding steroid dienone is 2. The van der Waals surface area contributed by atoms with Crippen LogP contribution in [-0.4, -0.2) is 45.6 Å². The first-order valence-electron chi connectivity index (χ1n) is 8.43. The fourth-order valence-electron chi connectivity index (χ4n) is 3.31. The minimum absolute atomic E-state index is 0.0797. The summed E-state index contributed by atoms with van der Waals surface area (Å²) in [5, 5.41) is 18.5. The number of thiophene rings is 1. The zero-order valence-corrected chi connectivity index (χ0v) is 16.7. The van der Waals surface area contributed by atoms with Crippen molar-refractivity contribution < 1.29 is 42.1 Å². The maximum absolute atomic E-state index is 13.1. The Bertz CT molecular complexity index is 1000. The molecule has 0 fully saturated rings. The van der Waals surface area contributed by atoms with E-state index in [1.807, 2.05) is 0 Å². The topological polar surface area (TPSA) is 87.1 Å². The molecular weight excluding hydrogens is 454 g/mol. The highest BCUT2D eigenvalue weighted by Crippen LogP contribution is 2.45. The lowest BCUT2D eigenvalue weighted by Gasteiger charge is -2.28. The van der Waals surface area contributed by atoms with Gasteiger partial charge < -0.3 is 19.8 Å². The van der Waals surface area contributed by atoms with Crippen LogP contribution in [0.4, 0.5) is 17.6 Å². The molecule has 1 aromatic rings. The quantitative estimate of drug-likeness (QED) is 0.581. The number of aliphatic hydroxyl groups excluding tert-OH is 1. The van der Waals surface area contributed by atoms with Gasteiger partial charge in [0.25, 0.3) is 5.91 Å². The second-order valence-electron chi connectivity index (χ2n) is 6.46. The average molecular weight is 468 g/mol. The van der Waals surface area contributed by atoms with Crippen LogP contribution in [0.1, 0.15) is 29.4 Å². The number of carboxylic acids is 1. The lowest BCUT2D eigenvalue weighted by molar-refractivity contribution is -0.251. The van der Waals surface area contributed by atoms with E-state index >= 15 is 0 Å². The Kier molecular flexibility index (Phi) is 5.87. The summed E-state index contributed by atoms with van der Waals surface area (Å²) in [6.07, 6.45) is -7.69. The first-order valence-corrected chi connectivity index (χ1v) is 9.63. The molecule has 2 heterocycles. The highest BCUT2D eigenvalue weighted by Gasteiger charge is 2.45. The van der Waals surface area contributed by atoms with Gasteiger partial charge in [-0.1, -0.05) is 22.9 Å². The number of amides is 1. The minimum Gasteiger partial charge on any atom is -0.507 e. The van der Waals surface area contributed by atoms with Crippen molar-refractivity contribution in [3.05, 3.63) is 50.7 Å². The summed E-state index contributed by atoms with van der Waals surface area (Å²) in [6.45, 7) is 1.50. The van der Waals surface area contributed by atoms with Gasteiger partial charge in [0.15, 0.2) is 5.06 Å². The van der Waals surface area contributed by atoms with Gasteiger partial charge in [-0.15, -0.1) is 0 Å². The first-order chi connectivity index (χ1) is 13.9. The van der Waals surface area contributed by atoms with E-state index in [1.54, 1.807) is 0 Å². The maximum Gasteiger partial charge on any atom is 0.461 e. The molecule has 1 amide bonds. The number of hydrogen-bond acceptors (Lipinski definition) is 5. The summed E-state index contributed by atoms with van der Waals surface area (Å²) in [7, 11) is 0. The third kappa shape index (κ3) is 3.91. The predicted molar refractivity (Wildman–Crippen MR) is 99.0 cm³/mol. The van der Waals surface area contributed by atoms with Crippen LogP contribution in [0.3, 0.4) is 0 Å². The van der Waals surface area contributed by atoms with Gasteiger partial charge >= 0.3 is 18.5 Å². The van der Waals surface area contributed by atoms with E-state index in [9.17, 15) is 37.4 Å². The van der Waals surface area contributed by atoms with Crippen molar-refractivity contribution in [1.29, 1.82) is 0 Å². The number of ether oxygens (including phenoxy) is 1. The number of halogens is 5. The summed E-state index contributed by atoms with van der Waals surface area (Å²) < 4.78 is 54.8. The van der Waals surface area contributed by atoms with E-state index in [4.69, 9.17) is 11.6 Å². The molecule has 6 nitrogen and oxygen atoms in total. The molecule has 0 saturated carbocycles. The lowest BCUT2D eigenvalue weighted by atomic mass is 9.92. The van der Waals surface area contributed by atoms with E-state index in [2.05, 4.69) is 4.74 Å². The van der Waals surface area contributed by atoms with E-state index in [1.165, 1.54) is 17.9 Å². The maximum atomic E-state index is 13.1. The Morgan fingerprint density at radius 1 is 1.40 bits per heavy atom. The molecule has 2 aliphatic rings. The molecule has 1 aromatic heterocycles. The summed E-state index contributed by atoms with van der Waals surface area (Å²) in [4.78, 5) is 25.5. The van der Waals surface area contributed by atoms with Crippen LogP contribution in [0.25, 0.3) is 0 Å². The molecule has 1 unspecified atom stereocenters. The van der Waals surface area contributed by atoms with Gasteiger partial charge in [0.1, 0.15) is 5.76 Å². The molecule has 1 aliphatic carbocycles. The van der Waals surface area contributed by atoms with E-state index in [0.29, 0.717) is 16.9 Å². The zero-order valence-electron chi connectivity index (χ0n) is 15.2. The summed E-state index contributed by atoms with van der Waals surface area (Å²) >= 11 is 6.61. The van der Waals surface area contributed by atoms with E-state index in [0.717, 1.165) is 12.1 Å². The third-order valence-electron chi connectivity index (χ3n) is 4.59. The number of aliphatic hydroxyl groups is 1. The number of carboxylic acid groups (broad SMARTS) is 1. The Balaban J connectivity index is 1.95. The van der Waals surface area contributed by atoms with E-state index in [-0.39, 0.29) is 33.4 Å². The Morgan fingerprint density at radius 2 is 2.07 bits per heavy atom. The van der Waals surface area contributed by atoms with E-state index < -0.39 is 41.9 Å². The molecule has 0 saturated heterocycles. The van der Waals surface area contributed by atoms with Crippen molar-refractivity contribution >= 4 is 34.8 Å². The van der Waals surface area contributed by atoms with Crippen LogP contribution in [0.5, 0.6) is 5.06 Å². The number of hydrogen-bond donors (Lipinski definition) is 2. The second kappa shape index (κ2) is 7.95. The molecular formula is C18H14ClF4NO5S. The van der Waals surface area contributed by atoms with Crippen LogP contribution >= 0.6 is 22.9 Å². The molecule has 0 radical (unpaired) electrons. The number of rotatable bonds is 6. The highest BCUT2D eigenvalue weighted by atomic mass is 35.5. The molecule has 2 N–H and O–H groups in total. The molecule has 0 bridgehead atoms. The van der Waals surface area contributed by atoms with Crippen molar-refractivity contribution in [2.45, 2.75) is 38.3 Å². The minimum atomic E-state index is -4.71. The van der Waals surface area contributed by atoms with Crippen molar-refractivity contribution in [2.24, 2.45) is 0 Å². The molecule has 1 aliphatic heterocycles. The number of aliphatic carboxylic acids is 1. The van der Waals surface area contributed by atoms with Gasteiger partial charge in [0.2, 0.25) is 0 Å². The number of nitrogens with zero attached hydrogens (tertiary/aromatic N) is 1. The van der Waals surface area contributed by atoms with Gasteiger partial charge in [0.05, 0.1) is 22.4 Å². The number of carbonyl (C=O) groups is 2. The Labute approximate surface area is 176 Å². The normalized spacial score (nSPS) is 19.4. The van der Waals surface area contributed by atoms with Crippen LogP contribution in [0.15, 0.2) is 45.8 Å². The summed E-state index contributed by atoms with van der Waals surface area (Å²) in [5.74, 6) is -2.09. The van der Waals surface area contributed by atoms with Crippen LogP contribution < -0.4 is 4.74 Å². The number of alkyl halides is 4. The Morgan fingerprint density at radius 3 is 2.67 bits per heavy atom. The van der Waals surface area contributed by atoms with Crippen LogP contribution in [-0.2, 0) is 4.79 Å². The number of carbonyl (C=O) groups excluding carboxylic acids is 1. The van der Waals surface area contributed by atoms with Gasteiger partial charge in [-0.05, 0) is 37.1 Å². The zero-order chi connectivity index (χ0) is 22.4. The molecule has 3 rings (SSSR count). The summed E-state index contributed by atoms with van der Waals surface area (Å²) in [5.41, 5.74) is 0.822. The first kappa shape index (κ1) is 22.2. The average Bonchev–Trinajstić information content (AvgIpc) is 3.20. The molecule has 12 heteroatoms. The van der Waals surface area contributed by atoms with Crippen LogP contribution in [0.2, 0.25) is 0 Å². The van der Waals surface area contributed by atoms with Crippen molar-refractivity contribution in [2.75, 3.05) is 0 Å². The fourth-order valence-corrected chi connectivity index (χ4v) is 4.46. The monoisotopic (exact) mass is 467 g/mol. The largest absolute Gasteiger partial charge is 0.507 e. The molecule has 0 spiro atoms. The van der Waals surface area contributed by atoms with Gasteiger partial charge in [-0.25, -0.2) is 0 Å².